The van der Waals surface area contributed by atoms with Gasteiger partial charge in [0.05, 0.1) is 0 Å². The molecule has 0 aliphatic rings. The van der Waals surface area contributed by atoms with Gasteiger partial charge < -0.3 is 15.5 Å². The van der Waals surface area contributed by atoms with Crippen molar-refractivity contribution in [1.29, 1.82) is 0 Å². The number of hydrogen-bond acceptors (Lipinski definition) is 3. The van der Waals surface area contributed by atoms with E-state index in [1.54, 1.807) is 24.3 Å². The molecule has 0 fully saturated rings. The van der Waals surface area contributed by atoms with Crippen molar-refractivity contribution in [2.45, 2.75) is 0 Å². The van der Waals surface area contributed by atoms with Crippen molar-refractivity contribution in [3.05, 3.63) is 40.8 Å². The van der Waals surface area contributed by atoms with E-state index in [9.17, 15) is 9.59 Å². The molecule has 76 valence electrons. The second-order valence-corrected chi connectivity index (χ2v) is 3.00. The summed E-state index contributed by atoms with van der Waals surface area (Å²) in [5.41, 5.74) is 5.43. The van der Waals surface area contributed by atoms with Gasteiger partial charge >= 0.3 is 11.7 Å². The molecule has 3 N–H and O–H groups in total. The van der Waals surface area contributed by atoms with Crippen molar-refractivity contribution in [3.63, 3.8) is 0 Å². The molecule has 0 saturated heterocycles. The summed E-state index contributed by atoms with van der Waals surface area (Å²) in [4.78, 5) is 21.5. The molecule has 2 aromatic rings. The third-order valence-electron chi connectivity index (χ3n) is 1.89. The van der Waals surface area contributed by atoms with E-state index in [0.29, 0.717) is 11.3 Å². The van der Waals surface area contributed by atoms with Crippen LogP contribution in [0.5, 0.6) is 0 Å². The fourth-order valence-corrected chi connectivity index (χ4v) is 1.28. The number of benzene rings is 1. The Balaban J connectivity index is 2.54. The van der Waals surface area contributed by atoms with Gasteiger partial charge in [-0.3, -0.25) is 0 Å². The van der Waals surface area contributed by atoms with Crippen LogP contribution in [0.1, 0.15) is 0 Å². The van der Waals surface area contributed by atoms with E-state index < -0.39 is 11.7 Å². The summed E-state index contributed by atoms with van der Waals surface area (Å²) in [6.45, 7) is 0. The number of nitrogens with one attached hydrogen (secondary N) is 1. The molecule has 0 saturated carbocycles. The number of hydrogen-bond donors (Lipinski definition) is 2. The zero-order valence-corrected chi connectivity index (χ0v) is 7.69. The molecule has 0 atom stereocenters. The van der Waals surface area contributed by atoms with Gasteiger partial charge in [-0.1, -0.05) is 0 Å². The number of fused-ring (bicyclic) bond motifs is 1. The number of nitrogens with two attached hydrogens (primary N) is 1. The molecule has 0 bridgehead atoms. The number of anilines is 1. The maximum atomic E-state index is 10.9. The SMILES string of the molecule is NC(=O)Nc1ccc2ccc(=O)oc2c1. The lowest BCUT2D eigenvalue weighted by Crippen LogP contribution is -2.19. The van der Waals surface area contributed by atoms with Crippen molar-refractivity contribution < 1.29 is 9.21 Å². The first-order valence-corrected chi connectivity index (χ1v) is 4.25. The van der Waals surface area contributed by atoms with Gasteiger partial charge in [0.1, 0.15) is 5.58 Å². The standard InChI is InChI=1S/C10H8N2O3/c11-10(14)12-7-3-1-6-2-4-9(13)15-8(6)5-7/h1-5H,(H3,11,12,14). The van der Waals surface area contributed by atoms with E-state index in [2.05, 4.69) is 5.32 Å². The third-order valence-corrected chi connectivity index (χ3v) is 1.89. The van der Waals surface area contributed by atoms with E-state index in [4.69, 9.17) is 10.2 Å². The fraction of sp³-hybridized carbons (Fsp3) is 0. The highest BCUT2D eigenvalue weighted by Crippen LogP contribution is 2.17. The quantitative estimate of drug-likeness (QED) is 0.686. The van der Waals surface area contributed by atoms with Crippen LogP contribution in [0.4, 0.5) is 10.5 Å². The normalized spacial score (nSPS) is 10.1. The Hall–Kier alpha value is -2.30. The number of amides is 2. The Kier molecular flexibility index (Phi) is 2.13. The van der Waals surface area contributed by atoms with E-state index in [1.807, 2.05) is 0 Å². The smallest absolute Gasteiger partial charge is 0.336 e. The van der Waals surface area contributed by atoms with Gasteiger partial charge in [0.2, 0.25) is 0 Å². The molecule has 5 heteroatoms. The van der Waals surface area contributed by atoms with Crippen LogP contribution >= 0.6 is 0 Å². The van der Waals surface area contributed by atoms with Crippen molar-refractivity contribution >= 4 is 22.7 Å². The lowest BCUT2D eigenvalue weighted by atomic mass is 10.2. The van der Waals surface area contributed by atoms with Crippen LogP contribution in [0.3, 0.4) is 0 Å². The lowest BCUT2D eigenvalue weighted by molar-refractivity contribution is 0.259. The molecule has 2 amide bonds. The summed E-state index contributed by atoms with van der Waals surface area (Å²) in [5, 5.41) is 3.18. The summed E-state index contributed by atoms with van der Waals surface area (Å²) in [6, 6.07) is 7.27. The average Bonchev–Trinajstić information content (AvgIpc) is 2.16. The number of carbonyl (C=O) groups excluding carboxylic acids is 1. The Labute approximate surface area is 84.5 Å². The molecule has 0 spiro atoms. The first-order valence-electron chi connectivity index (χ1n) is 4.25. The van der Waals surface area contributed by atoms with E-state index >= 15 is 0 Å². The fourth-order valence-electron chi connectivity index (χ4n) is 1.28. The maximum absolute atomic E-state index is 10.9. The molecule has 0 unspecified atom stereocenters. The van der Waals surface area contributed by atoms with E-state index in [-0.39, 0.29) is 0 Å². The summed E-state index contributed by atoms with van der Waals surface area (Å²) in [6.07, 6.45) is 0. The Morgan fingerprint density at radius 3 is 2.73 bits per heavy atom. The van der Waals surface area contributed by atoms with Gasteiger partial charge in [-0.15, -0.1) is 0 Å². The molecule has 15 heavy (non-hydrogen) atoms. The monoisotopic (exact) mass is 204 g/mol. The summed E-state index contributed by atoms with van der Waals surface area (Å²) in [5.74, 6) is 0. The minimum Gasteiger partial charge on any atom is -0.423 e. The second-order valence-electron chi connectivity index (χ2n) is 3.00. The molecule has 2 rings (SSSR count). The molecular formula is C10H8N2O3. The van der Waals surface area contributed by atoms with Crippen LogP contribution in [0, 0.1) is 0 Å². The Bertz CT molecular complexity index is 574. The molecular weight excluding hydrogens is 196 g/mol. The second kappa shape index (κ2) is 3.45. The van der Waals surface area contributed by atoms with Gasteiger partial charge in [0, 0.05) is 23.2 Å². The van der Waals surface area contributed by atoms with Gasteiger partial charge in [-0.25, -0.2) is 9.59 Å². The number of carbonyl (C=O) groups is 1. The molecule has 1 heterocycles. The third kappa shape index (κ3) is 1.96. The highest BCUT2D eigenvalue weighted by Gasteiger charge is 2.00. The highest BCUT2D eigenvalue weighted by molar-refractivity contribution is 5.90. The molecule has 0 aliphatic carbocycles. The van der Waals surface area contributed by atoms with Gasteiger partial charge in [-0.05, 0) is 18.2 Å². The first kappa shape index (κ1) is 9.26. The Morgan fingerprint density at radius 2 is 2.00 bits per heavy atom. The van der Waals surface area contributed by atoms with Crippen LogP contribution in [-0.4, -0.2) is 6.03 Å². The molecule has 5 nitrogen and oxygen atoms in total. The van der Waals surface area contributed by atoms with Crippen LogP contribution in [0.25, 0.3) is 11.0 Å². The van der Waals surface area contributed by atoms with Crippen molar-refractivity contribution in [3.8, 4) is 0 Å². The number of rotatable bonds is 1. The largest absolute Gasteiger partial charge is 0.423 e. The van der Waals surface area contributed by atoms with E-state index in [0.717, 1.165) is 5.39 Å². The van der Waals surface area contributed by atoms with Crippen LogP contribution < -0.4 is 16.7 Å². The predicted molar refractivity (Wildman–Crippen MR) is 55.7 cm³/mol. The maximum Gasteiger partial charge on any atom is 0.336 e. The van der Waals surface area contributed by atoms with Gasteiger partial charge in [-0.2, -0.15) is 0 Å². The number of urea groups is 1. The number of primary amides is 1. The average molecular weight is 204 g/mol. The first-order chi connectivity index (χ1) is 7.15. The van der Waals surface area contributed by atoms with Gasteiger partial charge in [0.25, 0.3) is 0 Å². The highest BCUT2D eigenvalue weighted by atomic mass is 16.4. The topological polar surface area (TPSA) is 85.3 Å². The zero-order valence-electron chi connectivity index (χ0n) is 7.69. The molecule has 0 radical (unpaired) electrons. The lowest BCUT2D eigenvalue weighted by Gasteiger charge is -2.02. The van der Waals surface area contributed by atoms with Crippen molar-refractivity contribution in [2.24, 2.45) is 5.73 Å². The van der Waals surface area contributed by atoms with Crippen LogP contribution in [-0.2, 0) is 0 Å². The summed E-state index contributed by atoms with van der Waals surface area (Å²) in [7, 11) is 0. The molecule has 1 aromatic heterocycles. The summed E-state index contributed by atoms with van der Waals surface area (Å²) < 4.78 is 4.94. The molecule has 1 aromatic carbocycles. The Morgan fingerprint density at radius 1 is 1.27 bits per heavy atom. The van der Waals surface area contributed by atoms with Crippen molar-refractivity contribution in [2.75, 3.05) is 5.32 Å². The zero-order chi connectivity index (χ0) is 10.8. The van der Waals surface area contributed by atoms with Gasteiger partial charge in [0.15, 0.2) is 0 Å². The predicted octanol–water partition coefficient (Wildman–Crippen LogP) is 1.28. The summed E-state index contributed by atoms with van der Waals surface area (Å²) >= 11 is 0. The van der Waals surface area contributed by atoms with Crippen LogP contribution in [0.2, 0.25) is 0 Å². The minimum atomic E-state index is -0.660. The minimum absolute atomic E-state index is 0.411. The van der Waals surface area contributed by atoms with Crippen molar-refractivity contribution in [1.82, 2.24) is 0 Å². The molecule has 0 aliphatic heterocycles. The van der Waals surface area contributed by atoms with E-state index in [1.165, 1.54) is 6.07 Å². The van der Waals surface area contributed by atoms with Crippen LogP contribution in [0.15, 0.2) is 39.5 Å².